The van der Waals surface area contributed by atoms with Crippen LogP contribution in [0, 0.1) is 5.92 Å². The predicted molar refractivity (Wildman–Crippen MR) is 74.6 cm³/mol. The Balaban J connectivity index is 1.57. The Morgan fingerprint density at radius 3 is 2.59 bits per heavy atom. The third-order valence-electron chi connectivity index (χ3n) is 3.83. The third kappa shape index (κ3) is 3.21. The van der Waals surface area contributed by atoms with Crippen molar-refractivity contribution in [2.24, 2.45) is 13.0 Å². The lowest BCUT2D eigenvalue weighted by molar-refractivity contribution is -0.144. The van der Waals surface area contributed by atoms with Gasteiger partial charge in [0.05, 0.1) is 0 Å². The summed E-state index contributed by atoms with van der Waals surface area (Å²) in [5, 5.41) is 8.28. The Kier molecular flexibility index (Phi) is 4.02. The van der Waals surface area contributed by atoms with Gasteiger partial charge in [-0.1, -0.05) is 0 Å². The van der Waals surface area contributed by atoms with Gasteiger partial charge in [0.1, 0.15) is 12.2 Å². The maximum absolute atomic E-state index is 12.5. The van der Waals surface area contributed by atoms with E-state index in [-0.39, 0.29) is 0 Å². The van der Waals surface area contributed by atoms with Crippen LogP contribution in [0.2, 0.25) is 0 Å². The second-order valence-electron chi connectivity index (χ2n) is 5.39. The number of piperidine rings is 1. The molecule has 1 aliphatic heterocycles. The highest BCUT2D eigenvalue weighted by Crippen LogP contribution is 2.32. The zero-order valence-corrected chi connectivity index (χ0v) is 12.7. The van der Waals surface area contributed by atoms with Gasteiger partial charge in [0, 0.05) is 38.1 Å². The lowest BCUT2D eigenvalue weighted by Crippen LogP contribution is -2.34. The average molecular weight is 332 g/mol. The second-order valence-corrected chi connectivity index (χ2v) is 6.12. The number of anilines is 1. The molecule has 10 heteroatoms. The van der Waals surface area contributed by atoms with Crippen LogP contribution >= 0.6 is 11.5 Å². The van der Waals surface area contributed by atoms with E-state index in [4.69, 9.17) is 0 Å². The summed E-state index contributed by atoms with van der Waals surface area (Å²) < 4.78 is 42.9. The Labute approximate surface area is 129 Å². The van der Waals surface area contributed by atoms with Gasteiger partial charge >= 0.3 is 6.18 Å². The summed E-state index contributed by atoms with van der Waals surface area (Å²) in [6, 6.07) is 0. The molecule has 0 radical (unpaired) electrons. The average Bonchev–Trinajstić information content (AvgIpc) is 3.09. The molecule has 0 aliphatic carbocycles. The van der Waals surface area contributed by atoms with Crippen molar-refractivity contribution in [2.75, 3.05) is 18.0 Å². The van der Waals surface area contributed by atoms with Crippen molar-refractivity contribution in [2.45, 2.75) is 25.4 Å². The van der Waals surface area contributed by atoms with Crippen molar-refractivity contribution < 1.29 is 13.2 Å². The normalized spacial score (nSPS) is 17.2. The van der Waals surface area contributed by atoms with Crippen LogP contribution in [0.25, 0.3) is 0 Å². The van der Waals surface area contributed by atoms with E-state index in [0.717, 1.165) is 36.6 Å². The van der Waals surface area contributed by atoms with Gasteiger partial charge in [0.25, 0.3) is 0 Å². The Morgan fingerprint density at radius 2 is 2.05 bits per heavy atom. The zero-order valence-electron chi connectivity index (χ0n) is 11.9. The standard InChI is InChI=1S/C12H15F3N6S/c1-20-7-16-18-9(20)6-8-2-4-21(5-3-8)11-17-10(19-22-11)12(13,14)15/h7-8H,2-6H2,1H3. The molecule has 0 spiro atoms. The predicted octanol–water partition coefficient (Wildman–Crippen LogP) is 2.14. The van der Waals surface area contributed by atoms with Crippen LogP contribution in [0.1, 0.15) is 24.5 Å². The monoisotopic (exact) mass is 332 g/mol. The summed E-state index contributed by atoms with van der Waals surface area (Å²) in [4.78, 5) is 5.48. The molecule has 0 bridgehead atoms. The van der Waals surface area contributed by atoms with Crippen molar-refractivity contribution in [3.05, 3.63) is 18.0 Å². The molecule has 3 rings (SSSR count). The number of alkyl halides is 3. The van der Waals surface area contributed by atoms with Gasteiger partial charge < -0.3 is 9.47 Å². The Morgan fingerprint density at radius 1 is 1.32 bits per heavy atom. The molecule has 0 saturated carbocycles. The number of aryl methyl sites for hydroxylation is 1. The molecule has 0 aromatic carbocycles. The minimum Gasteiger partial charge on any atom is -0.347 e. The molecule has 22 heavy (non-hydrogen) atoms. The molecular weight excluding hydrogens is 317 g/mol. The van der Waals surface area contributed by atoms with Gasteiger partial charge in [-0.2, -0.15) is 22.5 Å². The van der Waals surface area contributed by atoms with Gasteiger partial charge in [0.15, 0.2) is 0 Å². The molecule has 1 saturated heterocycles. The van der Waals surface area contributed by atoms with E-state index in [0.29, 0.717) is 24.1 Å². The maximum Gasteiger partial charge on any atom is 0.452 e. The second kappa shape index (κ2) is 5.82. The van der Waals surface area contributed by atoms with Crippen LogP contribution in [0.4, 0.5) is 18.3 Å². The molecular formula is C12H15F3N6S. The van der Waals surface area contributed by atoms with Crippen LogP contribution in [0.3, 0.4) is 0 Å². The van der Waals surface area contributed by atoms with E-state index < -0.39 is 12.0 Å². The first kappa shape index (κ1) is 15.2. The number of hydrogen-bond donors (Lipinski definition) is 0. The fourth-order valence-corrected chi connectivity index (χ4v) is 3.28. The molecule has 6 nitrogen and oxygen atoms in total. The first-order chi connectivity index (χ1) is 10.4. The molecule has 1 aliphatic rings. The van der Waals surface area contributed by atoms with Crippen LogP contribution in [0.5, 0.6) is 0 Å². The summed E-state index contributed by atoms with van der Waals surface area (Å²) in [6.45, 7) is 1.38. The smallest absolute Gasteiger partial charge is 0.347 e. The van der Waals surface area contributed by atoms with Gasteiger partial charge in [-0.05, 0) is 18.8 Å². The van der Waals surface area contributed by atoms with E-state index in [9.17, 15) is 13.2 Å². The minimum atomic E-state index is -4.47. The highest BCUT2D eigenvalue weighted by atomic mass is 32.1. The van der Waals surface area contributed by atoms with Crippen LogP contribution in [0.15, 0.2) is 6.33 Å². The van der Waals surface area contributed by atoms with Crippen molar-refractivity contribution in [3.8, 4) is 0 Å². The number of hydrogen-bond acceptors (Lipinski definition) is 6. The molecule has 0 unspecified atom stereocenters. The van der Waals surface area contributed by atoms with Gasteiger partial charge in [-0.15, -0.1) is 10.2 Å². The van der Waals surface area contributed by atoms with Crippen molar-refractivity contribution >= 4 is 16.7 Å². The highest BCUT2D eigenvalue weighted by molar-refractivity contribution is 7.09. The number of halogens is 3. The molecule has 3 heterocycles. The minimum absolute atomic E-state index is 0.351. The largest absolute Gasteiger partial charge is 0.452 e. The molecule has 2 aromatic heterocycles. The molecule has 1 fully saturated rings. The van der Waals surface area contributed by atoms with E-state index in [1.807, 2.05) is 16.5 Å². The Hall–Kier alpha value is -1.71. The first-order valence-corrected chi connectivity index (χ1v) is 7.69. The van der Waals surface area contributed by atoms with Crippen LogP contribution < -0.4 is 4.90 Å². The summed E-state index contributed by atoms with van der Waals surface area (Å²) in [7, 11) is 1.91. The summed E-state index contributed by atoms with van der Waals surface area (Å²) in [5.74, 6) is 0.358. The summed E-state index contributed by atoms with van der Waals surface area (Å²) in [5.41, 5.74) is 0. The topological polar surface area (TPSA) is 59.7 Å². The lowest BCUT2D eigenvalue weighted by Gasteiger charge is -2.31. The van der Waals surface area contributed by atoms with Gasteiger partial charge in [-0.3, -0.25) is 0 Å². The van der Waals surface area contributed by atoms with E-state index >= 15 is 0 Å². The van der Waals surface area contributed by atoms with Gasteiger partial charge in [0.2, 0.25) is 11.0 Å². The molecule has 0 amide bonds. The third-order valence-corrected chi connectivity index (χ3v) is 4.61. The molecule has 2 aromatic rings. The number of nitrogens with zero attached hydrogens (tertiary/aromatic N) is 6. The van der Waals surface area contributed by atoms with E-state index in [1.54, 1.807) is 6.33 Å². The number of rotatable bonds is 3. The van der Waals surface area contributed by atoms with Crippen LogP contribution in [-0.2, 0) is 19.6 Å². The van der Waals surface area contributed by atoms with E-state index in [2.05, 4.69) is 19.6 Å². The quantitative estimate of drug-likeness (QED) is 0.862. The SMILES string of the molecule is Cn1cnnc1CC1CCN(c2nc(C(F)(F)F)ns2)CC1. The zero-order chi connectivity index (χ0) is 15.7. The van der Waals surface area contributed by atoms with E-state index in [1.165, 1.54) is 0 Å². The molecule has 0 atom stereocenters. The van der Waals surface area contributed by atoms with Crippen molar-refractivity contribution in [1.29, 1.82) is 0 Å². The first-order valence-electron chi connectivity index (χ1n) is 6.92. The van der Waals surface area contributed by atoms with Crippen molar-refractivity contribution in [1.82, 2.24) is 24.1 Å². The molecule has 120 valence electrons. The fourth-order valence-electron chi connectivity index (χ4n) is 2.54. The number of aromatic nitrogens is 5. The summed E-state index contributed by atoms with van der Waals surface area (Å²) in [6.07, 6.45) is -0.168. The summed E-state index contributed by atoms with van der Waals surface area (Å²) >= 11 is 0.810. The molecule has 0 N–H and O–H groups in total. The maximum atomic E-state index is 12.5. The Bertz CT molecular complexity index is 629. The fraction of sp³-hybridized carbons (Fsp3) is 0.667. The lowest BCUT2D eigenvalue weighted by atomic mass is 9.93. The van der Waals surface area contributed by atoms with Crippen molar-refractivity contribution in [3.63, 3.8) is 0 Å². The highest BCUT2D eigenvalue weighted by Gasteiger charge is 2.37. The van der Waals surface area contributed by atoms with Gasteiger partial charge in [-0.25, -0.2) is 0 Å². The van der Waals surface area contributed by atoms with Crippen LogP contribution in [-0.4, -0.2) is 37.2 Å².